The standard InChI is InChI=1S/C6H6S2Se/c1-2-7-8-6-4-9-3-5(1)6/h3-4H,1-2H2. The van der Waals surface area contributed by atoms with Crippen LogP contribution in [0.5, 0.6) is 0 Å². The van der Waals surface area contributed by atoms with E-state index in [9.17, 15) is 0 Å². The van der Waals surface area contributed by atoms with Crippen LogP contribution >= 0.6 is 21.6 Å². The van der Waals surface area contributed by atoms with Crippen LogP contribution in [0.4, 0.5) is 0 Å². The van der Waals surface area contributed by atoms with Gasteiger partial charge in [-0.3, -0.25) is 0 Å². The fourth-order valence-corrected chi connectivity index (χ4v) is 5.74. The first-order chi connectivity index (χ1) is 4.47. The number of rotatable bonds is 0. The van der Waals surface area contributed by atoms with Gasteiger partial charge in [0.05, 0.1) is 0 Å². The topological polar surface area (TPSA) is 0 Å². The Morgan fingerprint density at radius 2 is 2.44 bits per heavy atom. The van der Waals surface area contributed by atoms with Gasteiger partial charge in [-0.2, -0.15) is 0 Å². The van der Waals surface area contributed by atoms with E-state index in [1.807, 2.05) is 21.6 Å². The first kappa shape index (κ1) is 6.41. The van der Waals surface area contributed by atoms with Crippen LogP contribution in [0.2, 0.25) is 0 Å². The summed E-state index contributed by atoms with van der Waals surface area (Å²) in [5.74, 6) is 1.31. The zero-order valence-electron chi connectivity index (χ0n) is 4.79. The summed E-state index contributed by atoms with van der Waals surface area (Å²) in [7, 11) is 3.95. The molecule has 0 saturated carbocycles. The quantitative estimate of drug-likeness (QED) is 0.485. The summed E-state index contributed by atoms with van der Waals surface area (Å²) < 4.78 is 0. The van der Waals surface area contributed by atoms with E-state index >= 15 is 0 Å². The molecule has 2 heterocycles. The number of fused-ring (bicyclic) bond motifs is 1. The van der Waals surface area contributed by atoms with Gasteiger partial charge in [-0.05, 0) is 0 Å². The van der Waals surface area contributed by atoms with Gasteiger partial charge < -0.3 is 0 Å². The van der Waals surface area contributed by atoms with E-state index in [1.165, 1.54) is 12.2 Å². The third kappa shape index (κ3) is 1.25. The summed E-state index contributed by atoms with van der Waals surface area (Å²) in [6.45, 7) is 0. The Labute approximate surface area is 68.6 Å². The normalized spacial score (nSPS) is 17.3. The van der Waals surface area contributed by atoms with Gasteiger partial charge in [0.2, 0.25) is 0 Å². The van der Waals surface area contributed by atoms with E-state index in [1.54, 1.807) is 10.5 Å². The Hall–Kier alpha value is 0.699. The molecule has 0 spiro atoms. The Kier molecular flexibility index (Phi) is 1.96. The van der Waals surface area contributed by atoms with Crippen molar-refractivity contribution in [3.8, 4) is 0 Å². The molecule has 0 fully saturated rings. The summed E-state index contributed by atoms with van der Waals surface area (Å²) in [4.78, 5) is 6.36. The van der Waals surface area contributed by atoms with Crippen molar-refractivity contribution in [1.29, 1.82) is 0 Å². The second-order valence-electron chi connectivity index (χ2n) is 1.92. The first-order valence-electron chi connectivity index (χ1n) is 2.81. The Morgan fingerprint density at radius 3 is 3.33 bits per heavy atom. The van der Waals surface area contributed by atoms with E-state index in [2.05, 4.69) is 9.88 Å². The van der Waals surface area contributed by atoms with Crippen LogP contribution in [0.3, 0.4) is 0 Å². The summed E-state index contributed by atoms with van der Waals surface area (Å²) in [5.41, 5.74) is 1.62. The Balaban J connectivity index is 2.39. The second-order valence-corrected chi connectivity index (χ2v) is 5.93. The van der Waals surface area contributed by atoms with Crippen molar-refractivity contribution < 1.29 is 0 Å². The van der Waals surface area contributed by atoms with Crippen LogP contribution in [0.25, 0.3) is 0 Å². The first-order valence-corrected chi connectivity index (χ1v) is 7.11. The zero-order valence-corrected chi connectivity index (χ0v) is 8.14. The van der Waals surface area contributed by atoms with Crippen molar-refractivity contribution in [2.45, 2.75) is 11.3 Å². The number of hydrogen-bond acceptors (Lipinski definition) is 2. The minimum absolute atomic E-state index is 0.697. The molecule has 0 atom stereocenters. The maximum atomic E-state index is 2.41. The van der Waals surface area contributed by atoms with Gasteiger partial charge >= 0.3 is 68.6 Å². The van der Waals surface area contributed by atoms with Crippen LogP contribution in [0, 0.1) is 0 Å². The maximum absolute atomic E-state index is 2.41. The molecule has 1 aliphatic heterocycles. The van der Waals surface area contributed by atoms with Crippen molar-refractivity contribution in [3.63, 3.8) is 0 Å². The minimum atomic E-state index is 0.697. The van der Waals surface area contributed by atoms with Crippen LogP contribution in [0.15, 0.2) is 14.8 Å². The average Bonchev–Trinajstić information content (AvgIpc) is 2.33. The van der Waals surface area contributed by atoms with E-state index in [0.717, 1.165) is 0 Å². The molecule has 3 heteroatoms. The fraction of sp³-hybridized carbons (Fsp3) is 0.333. The third-order valence-electron chi connectivity index (χ3n) is 1.31. The van der Waals surface area contributed by atoms with Crippen LogP contribution in [-0.2, 0) is 6.42 Å². The molecule has 0 bridgehead atoms. The molecule has 1 aromatic rings. The molecule has 0 nitrogen and oxygen atoms in total. The van der Waals surface area contributed by atoms with Gasteiger partial charge in [0.25, 0.3) is 0 Å². The molecule has 1 aliphatic rings. The molecule has 0 aliphatic carbocycles. The van der Waals surface area contributed by atoms with E-state index < -0.39 is 0 Å². The average molecular weight is 221 g/mol. The van der Waals surface area contributed by atoms with Gasteiger partial charge in [0, 0.05) is 0 Å². The van der Waals surface area contributed by atoms with Gasteiger partial charge in [-0.15, -0.1) is 0 Å². The van der Waals surface area contributed by atoms with Gasteiger partial charge in [0.15, 0.2) is 0 Å². The van der Waals surface area contributed by atoms with Crippen LogP contribution < -0.4 is 0 Å². The molecule has 0 saturated heterocycles. The third-order valence-corrected chi connectivity index (χ3v) is 5.75. The van der Waals surface area contributed by atoms with Crippen LogP contribution in [0.1, 0.15) is 5.56 Å². The molecule has 0 N–H and O–H groups in total. The summed E-state index contributed by atoms with van der Waals surface area (Å²) >= 11 is 0.697. The second kappa shape index (κ2) is 2.75. The SMILES string of the molecule is c1[se]cc2c1CCSS2. The molecule has 0 amide bonds. The zero-order chi connectivity index (χ0) is 6.10. The Bertz CT molecular complexity index is 186. The van der Waals surface area contributed by atoms with E-state index in [4.69, 9.17) is 0 Å². The Morgan fingerprint density at radius 1 is 1.44 bits per heavy atom. The molecular formula is C6H6S2Se. The van der Waals surface area contributed by atoms with Crippen molar-refractivity contribution in [3.05, 3.63) is 15.4 Å². The fourth-order valence-electron chi connectivity index (χ4n) is 0.824. The predicted molar refractivity (Wildman–Crippen MR) is 45.4 cm³/mol. The van der Waals surface area contributed by atoms with Gasteiger partial charge in [-0.25, -0.2) is 0 Å². The molecule has 0 aromatic carbocycles. The van der Waals surface area contributed by atoms with Crippen molar-refractivity contribution in [2.75, 3.05) is 5.75 Å². The molecule has 9 heavy (non-hydrogen) atoms. The summed E-state index contributed by atoms with van der Waals surface area (Å²) in [6.07, 6.45) is 1.31. The monoisotopic (exact) mass is 222 g/mol. The molecule has 48 valence electrons. The van der Waals surface area contributed by atoms with Crippen molar-refractivity contribution in [1.82, 2.24) is 0 Å². The van der Waals surface area contributed by atoms with E-state index in [0.29, 0.717) is 14.5 Å². The predicted octanol–water partition coefficient (Wildman–Crippen LogP) is 2.04. The number of hydrogen-bond donors (Lipinski definition) is 0. The summed E-state index contributed by atoms with van der Waals surface area (Å²) in [6, 6.07) is 0. The molecule has 2 rings (SSSR count). The molecule has 1 aromatic heterocycles. The van der Waals surface area contributed by atoms with Crippen molar-refractivity contribution >= 4 is 36.1 Å². The van der Waals surface area contributed by atoms with Gasteiger partial charge in [0.1, 0.15) is 0 Å². The number of aryl methyl sites for hydroxylation is 1. The summed E-state index contributed by atoms with van der Waals surface area (Å²) in [5, 5.41) is 0. The molecular weight excluding hydrogens is 215 g/mol. The molecule has 0 radical (unpaired) electrons. The van der Waals surface area contributed by atoms with E-state index in [-0.39, 0.29) is 0 Å². The molecule has 0 unspecified atom stereocenters. The van der Waals surface area contributed by atoms with Crippen LogP contribution in [-0.4, -0.2) is 20.3 Å². The van der Waals surface area contributed by atoms with Gasteiger partial charge in [-0.1, -0.05) is 0 Å². The van der Waals surface area contributed by atoms with Crippen molar-refractivity contribution in [2.24, 2.45) is 0 Å².